The normalized spacial score (nSPS) is 10.5. The lowest BCUT2D eigenvalue weighted by molar-refractivity contribution is 0.442. The van der Waals surface area contributed by atoms with E-state index in [9.17, 15) is 18.8 Å². The van der Waals surface area contributed by atoms with E-state index in [2.05, 4.69) is 5.10 Å². The Labute approximate surface area is 134 Å². The molecule has 0 spiro atoms. The van der Waals surface area contributed by atoms with E-state index in [-0.39, 0.29) is 12.3 Å². The average molecular weight is 329 g/mol. The summed E-state index contributed by atoms with van der Waals surface area (Å²) in [5, 5.41) is 2.18. The Morgan fingerprint density at radius 1 is 0.958 bits per heavy atom. The number of ether oxygens (including phenoxy) is 1. The summed E-state index contributed by atoms with van der Waals surface area (Å²) in [6.07, 6.45) is 0. The summed E-state index contributed by atoms with van der Waals surface area (Å²) in [5.41, 5.74) is -1.94. The average Bonchev–Trinajstić information content (AvgIpc) is 2.56. The van der Waals surface area contributed by atoms with Crippen LogP contribution in [-0.2, 0) is 6.54 Å². The molecule has 1 aromatic heterocycles. The van der Waals surface area contributed by atoms with E-state index in [0.29, 0.717) is 11.3 Å². The van der Waals surface area contributed by atoms with Crippen LogP contribution in [0, 0.1) is 5.82 Å². The molecule has 24 heavy (non-hydrogen) atoms. The quantitative estimate of drug-likeness (QED) is 0.703. The van der Waals surface area contributed by atoms with Gasteiger partial charge >= 0.3 is 16.8 Å². The highest BCUT2D eigenvalue weighted by Gasteiger charge is 2.05. The van der Waals surface area contributed by atoms with Gasteiger partial charge < -0.3 is 4.74 Å². The monoisotopic (exact) mass is 329 g/mol. The summed E-state index contributed by atoms with van der Waals surface area (Å²) in [4.78, 5) is 35.8. The van der Waals surface area contributed by atoms with Crippen molar-refractivity contribution in [3.63, 3.8) is 0 Å². The van der Waals surface area contributed by atoms with Gasteiger partial charge in [-0.25, -0.2) is 13.9 Å². The summed E-state index contributed by atoms with van der Waals surface area (Å²) < 4.78 is 19.9. The van der Waals surface area contributed by atoms with Gasteiger partial charge in [0.2, 0.25) is 0 Å². The number of rotatable bonds is 4. The van der Waals surface area contributed by atoms with Crippen molar-refractivity contribution in [1.82, 2.24) is 14.8 Å². The van der Waals surface area contributed by atoms with Gasteiger partial charge in [-0.15, -0.1) is 0 Å². The first-order valence-electron chi connectivity index (χ1n) is 6.98. The maximum absolute atomic E-state index is 13.5. The molecule has 7 nitrogen and oxygen atoms in total. The van der Waals surface area contributed by atoms with Crippen LogP contribution < -0.4 is 21.5 Å². The van der Waals surface area contributed by atoms with Crippen LogP contribution in [-0.4, -0.2) is 14.8 Å². The first-order chi connectivity index (χ1) is 11.5. The first kappa shape index (κ1) is 15.5. The van der Waals surface area contributed by atoms with Crippen molar-refractivity contribution in [1.29, 1.82) is 0 Å². The number of aromatic nitrogens is 3. The van der Waals surface area contributed by atoms with Crippen LogP contribution in [0.1, 0.15) is 5.56 Å². The molecule has 0 fully saturated rings. The minimum absolute atomic E-state index is 0.0603. The molecule has 0 atom stereocenters. The van der Waals surface area contributed by atoms with Crippen LogP contribution >= 0.6 is 0 Å². The van der Waals surface area contributed by atoms with Crippen molar-refractivity contribution >= 4 is 0 Å². The Balaban J connectivity index is 1.79. The van der Waals surface area contributed by atoms with Crippen molar-refractivity contribution in [2.45, 2.75) is 6.54 Å². The second-order valence-corrected chi connectivity index (χ2v) is 4.96. The molecule has 122 valence electrons. The molecule has 0 aliphatic rings. The van der Waals surface area contributed by atoms with E-state index in [1.54, 1.807) is 36.4 Å². The number of H-pyrrole nitrogens is 2. The van der Waals surface area contributed by atoms with Crippen LogP contribution in [0.2, 0.25) is 0 Å². The highest BCUT2D eigenvalue weighted by molar-refractivity contribution is 5.33. The Morgan fingerprint density at radius 3 is 2.38 bits per heavy atom. The van der Waals surface area contributed by atoms with E-state index < -0.39 is 22.6 Å². The van der Waals surface area contributed by atoms with Crippen molar-refractivity contribution in [2.24, 2.45) is 0 Å². The van der Waals surface area contributed by atoms with Crippen molar-refractivity contribution < 1.29 is 9.13 Å². The van der Waals surface area contributed by atoms with Crippen LogP contribution in [0.15, 0.2) is 62.9 Å². The Bertz CT molecular complexity index is 1030. The van der Waals surface area contributed by atoms with Crippen LogP contribution in [0.4, 0.5) is 4.39 Å². The minimum Gasteiger partial charge on any atom is -0.454 e. The fourth-order valence-electron chi connectivity index (χ4n) is 2.06. The summed E-state index contributed by atoms with van der Waals surface area (Å²) >= 11 is 0. The Kier molecular flexibility index (Phi) is 4.11. The van der Waals surface area contributed by atoms with E-state index in [1.165, 1.54) is 12.1 Å². The zero-order valence-electron chi connectivity index (χ0n) is 12.3. The number of halogens is 1. The van der Waals surface area contributed by atoms with Crippen LogP contribution in [0.25, 0.3) is 0 Å². The maximum atomic E-state index is 13.5. The molecule has 2 N–H and O–H groups in total. The molecule has 3 aromatic rings. The zero-order chi connectivity index (χ0) is 17.1. The molecule has 8 heteroatoms. The third-order valence-electron chi connectivity index (χ3n) is 3.24. The van der Waals surface area contributed by atoms with Gasteiger partial charge in [0.25, 0.3) is 0 Å². The molecule has 0 radical (unpaired) electrons. The molecule has 0 saturated carbocycles. The summed E-state index contributed by atoms with van der Waals surface area (Å²) in [6, 6.07) is 12.6. The van der Waals surface area contributed by atoms with E-state index in [4.69, 9.17) is 4.74 Å². The number of aromatic amines is 2. The van der Waals surface area contributed by atoms with Gasteiger partial charge in [-0.3, -0.25) is 19.7 Å². The van der Waals surface area contributed by atoms with Crippen LogP contribution in [0.3, 0.4) is 0 Å². The topological polar surface area (TPSA) is 96.9 Å². The minimum atomic E-state index is -0.995. The molecule has 0 saturated heterocycles. The second kappa shape index (κ2) is 6.37. The number of para-hydroxylation sites is 1. The maximum Gasteiger partial charge on any atom is 0.343 e. The van der Waals surface area contributed by atoms with Crippen molar-refractivity contribution in [3.8, 4) is 11.5 Å². The van der Waals surface area contributed by atoms with Crippen molar-refractivity contribution in [2.75, 3.05) is 0 Å². The van der Waals surface area contributed by atoms with E-state index in [1.807, 2.05) is 4.98 Å². The lowest BCUT2D eigenvalue weighted by atomic mass is 10.2. The molecular formula is C16H12FN3O4. The van der Waals surface area contributed by atoms with Gasteiger partial charge in [0, 0.05) is 0 Å². The summed E-state index contributed by atoms with van der Waals surface area (Å²) in [5.74, 6) is 0.0523. The molecule has 0 aliphatic carbocycles. The molecule has 0 amide bonds. The predicted molar refractivity (Wildman–Crippen MR) is 84.0 cm³/mol. The van der Waals surface area contributed by atoms with Gasteiger partial charge in [0.05, 0.1) is 6.54 Å². The second-order valence-electron chi connectivity index (χ2n) is 4.96. The number of hydrogen-bond acceptors (Lipinski definition) is 4. The summed E-state index contributed by atoms with van der Waals surface area (Å²) in [7, 11) is 0. The molecule has 0 unspecified atom stereocenters. The fraction of sp³-hybridized carbons (Fsp3) is 0.0625. The number of benzene rings is 2. The largest absolute Gasteiger partial charge is 0.454 e. The zero-order valence-corrected chi connectivity index (χ0v) is 12.3. The summed E-state index contributed by atoms with van der Waals surface area (Å²) in [6.45, 7) is 0.0603. The number of nitrogens with zero attached hydrogens (tertiary/aromatic N) is 1. The van der Waals surface area contributed by atoms with Gasteiger partial charge in [-0.1, -0.05) is 24.3 Å². The van der Waals surface area contributed by atoms with E-state index >= 15 is 0 Å². The molecule has 1 heterocycles. The SMILES string of the molecule is O=c1[nH]c(=O)n(Cc2ccc(Oc3ccccc3F)cc2)[nH]c1=O. The number of hydrogen-bond donors (Lipinski definition) is 2. The Morgan fingerprint density at radius 2 is 1.67 bits per heavy atom. The highest BCUT2D eigenvalue weighted by atomic mass is 19.1. The molecular weight excluding hydrogens is 317 g/mol. The van der Waals surface area contributed by atoms with Gasteiger partial charge in [-0.2, -0.15) is 0 Å². The lowest BCUT2D eigenvalue weighted by Crippen LogP contribution is -2.43. The lowest BCUT2D eigenvalue weighted by Gasteiger charge is -2.08. The molecule has 0 aliphatic heterocycles. The fourth-order valence-corrected chi connectivity index (χ4v) is 2.06. The Hall–Kier alpha value is -3.42. The van der Waals surface area contributed by atoms with Crippen molar-refractivity contribution in [3.05, 3.63) is 91.1 Å². The first-order valence-corrected chi connectivity index (χ1v) is 6.98. The van der Waals surface area contributed by atoms with Crippen LogP contribution in [0.5, 0.6) is 11.5 Å². The van der Waals surface area contributed by atoms with Gasteiger partial charge in [0.1, 0.15) is 5.75 Å². The predicted octanol–water partition coefficient (Wildman–Crippen LogP) is 1.20. The number of nitrogens with one attached hydrogen (secondary N) is 2. The third-order valence-corrected chi connectivity index (χ3v) is 3.24. The van der Waals surface area contributed by atoms with Gasteiger partial charge in [0.15, 0.2) is 11.6 Å². The molecule has 3 rings (SSSR count). The highest BCUT2D eigenvalue weighted by Crippen LogP contribution is 2.24. The smallest absolute Gasteiger partial charge is 0.343 e. The molecule has 2 aromatic carbocycles. The molecule has 0 bridgehead atoms. The van der Waals surface area contributed by atoms with Gasteiger partial charge in [-0.05, 0) is 29.8 Å². The van der Waals surface area contributed by atoms with E-state index in [0.717, 1.165) is 4.68 Å². The standard InChI is InChI=1S/C16H12FN3O4/c17-12-3-1-2-4-13(12)24-11-7-5-10(6-8-11)9-20-16(23)18-14(21)15(22)19-20/h1-8H,9H2,(H,19,22)(H,18,21,23). The third kappa shape index (κ3) is 3.32.